The Bertz CT molecular complexity index is 599. The number of rotatable bonds is 3. The second-order valence-electron chi connectivity index (χ2n) is 5.34. The smallest absolute Gasteiger partial charge is 0.0590 e. The van der Waals surface area contributed by atoms with Gasteiger partial charge in [-0.05, 0) is 35.2 Å². The Morgan fingerprint density at radius 3 is 2.65 bits per heavy atom. The highest BCUT2D eigenvalue weighted by atomic mass is 35.5. The molecular weight excluding hydrogens is 270 g/mol. The van der Waals surface area contributed by atoms with Crippen LogP contribution in [-0.4, -0.2) is 22.7 Å². The first-order valence-corrected chi connectivity index (χ1v) is 7.30. The molecule has 0 bridgehead atoms. The Kier molecular flexibility index (Phi) is 4.06. The summed E-state index contributed by atoms with van der Waals surface area (Å²) < 4.78 is 0. The molecule has 1 aliphatic heterocycles. The minimum absolute atomic E-state index is 0.184. The molecule has 0 fully saturated rings. The number of aliphatic hydroxyl groups excluding tert-OH is 1. The topological polar surface area (TPSA) is 23.5 Å². The first-order chi connectivity index (χ1) is 9.76. The van der Waals surface area contributed by atoms with Crippen molar-refractivity contribution in [2.45, 2.75) is 25.6 Å². The van der Waals surface area contributed by atoms with Gasteiger partial charge in [0.25, 0.3) is 0 Å². The maximum atomic E-state index is 9.65. The third kappa shape index (κ3) is 2.88. The minimum atomic E-state index is 0.184. The van der Waals surface area contributed by atoms with Gasteiger partial charge < -0.3 is 5.11 Å². The van der Waals surface area contributed by atoms with Gasteiger partial charge in [-0.25, -0.2) is 0 Å². The lowest BCUT2D eigenvalue weighted by atomic mass is 9.94. The summed E-state index contributed by atoms with van der Waals surface area (Å²) in [6, 6.07) is 16.6. The molecule has 1 atom stereocenters. The van der Waals surface area contributed by atoms with E-state index in [0.29, 0.717) is 0 Å². The molecule has 2 nitrogen and oxygen atoms in total. The van der Waals surface area contributed by atoms with Crippen LogP contribution in [-0.2, 0) is 19.5 Å². The lowest BCUT2D eigenvalue weighted by Crippen LogP contribution is -2.42. The summed E-state index contributed by atoms with van der Waals surface area (Å²) in [5.41, 5.74) is 3.91. The summed E-state index contributed by atoms with van der Waals surface area (Å²) in [4.78, 5) is 2.33. The molecule has 20 heavy (non-hydrogen) atoms. The van der Waals surface area contributed by atoms with E-state index in [2.05, 4.69) is 35.2 Å². The Morgan fingerprint density at radius 2 is 1.90 bits per heavy atom. The molecule has 0 amide bonds. The summed E-state index contributed by atoms with van der Waals surface area (Å²) in [5, 5.41) is 10.4. The third-order valence-electron chi connectivity index (χ3n) is 3.95. The van der Waals surface area contributed by atoms with Crippen LogP contribution in [0.4, 0.5) is 0 Å². The van der Waals surface area contributed by atoms with E-state index in [-0.39, 0.29) is 12.6 Å². The average molecular weight is 288 g/mol. The van der Waals surface area contributed by atoms with Gasteiger partial charge in [-0.3, -0.25) is 4.90 Å². The molecule has 2 aromatic rings. The Morgan fingerprint density at radius 1 is 1.10 bits per heavy atom. The zero-order valence-electron chi connectivity index (χ0n) is 11.3. The summed E-state index contributed by atoms with van der Waals surface area (Å²) in [5.74, 6) is 0. The van der Waals surface area contributed by atoms with Crippen LogP contribution >= 0.6 is 11.6 Å². The van der Waals surface area contributed by atoms with Gasteiger partial charge in [-0.2, -0.15) is 0 Å². The van der Waals surface area contributed by atoms with Crippen molar-refractivity contribution in [2.24, 2.45) is 0 Å². The van der Waals surface area contributed by atoms with Crippen LogP contribution in [0.1, 0.15) is 16.7 Å². The molecular formula is C17H18ClNO. The van der Waals surface area contributed by atoms with E-state index in [4.69, 9.17) is 11.6 Å². The van der Waals surface area contributed by atoms with Crippen molar-refractivity contribution in [2.75, 3.05) is 6.61 Å². The summed E-state index contributed by atoms with van der Waals surface area (Å²) in [6.07, 6.45) is 0.910. The number of benzene rings is 2. The molecule has 1 N–H and O–H groups in total. The zero-order chi connectivity index (χ0) is 13.9. The van der Waals surface area contributed by atoms with E-state index in [1.54, 1.807) is 0 Å². The molecule has 3 rings (SSSR count). The summed E-state index contributed by atoms with van der Waals surface area (Å²) >= 11 is 6.05. The lowest BCUT2D eigenvalue weighted by molar-refractivity contribution is 0.0996. The number of aliphatic hydroxyl groups is 1. The van der Waals surface area contributed by atoms with Crippen molar-refractivity contribution in [3.05, 3.63) is 70.2 Å². The third-order valence-corrected chi connectivity index (χ3v) is 4.18. The van der Waals surface area contributed by atoms with Crippen molar-refractivity contribution >= 4 is 11.6 Å². The van der Waals surface area contributed by atoms with Crippen LogP contribution in [0.5, 0.6) is 0 Å². The standard InChI is InChI=1S/C17H18ClNO/c18-16-7-3-4-13(8-16)10-19-11-15-6-2-1-5-14(15)9-17(19)12-20/h1-8,17,20H,9-12H2/t17-/m0/s1. The molecule has 0 aliphatic carbocycles. The fraction of sp³-hybridized carbons (Fsp3) is 0.294. The molecule has 3 heteroatoms. The summed E-state index contributed by atoms with van der Waals surface area (Å²) in [7, 11) is 0. The number of fused-ring (bicyclic) bond motifs is 1. The molecule has 0 aromatic heterocycles. The first kappa shape index (κ1) is 13.6. The number of hydrogen-bond acceptors (Lipinski definition) is 2. The van der Waals surface area contributed by atoms with Crippen LogP contribution in [0.3, 0.4) is 0 Å². The fourth-order valence-electron chi connectivity index (χ4n) is 2.88. The molecule has 0 spiro atoms. The highest BCUT2D eigenvalue weighted by molar-refractivity contribution is 6.30. The number of halogens is 1. The average Bonchev–Trinajstić information content (AvgIpc) is 2.46. The van der Waals surface area contributed by atoms with Crippen LogP contribution in [0, 0.1) is 0 Å². The van der Waals surface area contributed by atoms with Crippen molar-refractivity contribution in [3.63, 3.8) is 0 Å². The van der Waals surface area contributed by atoms with Crippen molar-refractivity contribution < 1.29 is 5.11 Å². The predicted octanol–water partition coefficient (Wildman–Crippen LogP) is 3.26. The SMILES string of the molecule is OC[C@@H]1Cc2ccccc2CN1Cc1cccc(Cl)c1. The molecule has 1 aliphatic rings. The van der Waals surface area contributed by atoms with Gasteiger partial charge in [0.2, 0.25) is 0 Å². The van der Waals surface area contributed by atoms with E-state index in [1.165, 1.54) is 16.7 Å². The van der Waals surface area contributed by atoms with E-state index in [9.17, 15) is 5.11 Å². The van der Waals surface area contributed by atoms with Gasteiger partial charge in [-0.1, -0.05) is 48.0 Å². The second kappa shape index (κ2) is 5.96. The van der Waals surface area contributed by atoms with Crippen LogP contribution in [0.15, 0.2) is 48.5 Å². The number of nitrogens with zero attached hydrogens (tertiary/aromatic N) is 1. The Labute approximate surface area is 124 Å². The normalized spacial score (nSPS) is 18.8. The second-order valence-corrected chi connectivity index (χ2v) is 5.78. The minimum Gasteiger partial charge on any atom is -0.395 e. The molecule has 0 saturated heterocycles. The lowest BCUT2D eigenvalue weighted by Gasteiger charge is -2.36. The van der Waals surface area contributed by atoms with Crippen LogP contribution in [0.25, 0.3) is 0 Å². The maximum absolute atomic E-state index is 9.65. The molecule has 0 unspecified atom stereocenters. The monoisotopic (exact) mass is 287 g/mol. The van der Waals surface area contributed by atoms with Gasteiger partial charge >= 0.3 is 0 Å². The zero-order valence-corrected chi connectivity index (χ0v) is 12.1. The molecule has 1 heterocycles. The van der Waals surface area contributed by atoms with Crippen molar-refractivity contribution in [1.82, 2.24) is 4.90 Å². The highest BCUT2D eigenvalue weighted by Gasteiger charge is 2.25. The van der Waals surface area contributed by atoms with Gasteiger partial charge in [0.05, 0.1) is 6.61 Å². The van der Waals surface area contributed by atoms with E-state index >= 15 is 0 Å². The quantitative estimate of drug-likeness (QED) is 0.937. The number of hydrogen-bond donors (Lipinski definition) is 1. The molecule has 0 radical (unpaired) electrons. The van der Waals surface area contributed by atoms with Gasteiger partial charge in [0.1, 0.15) is 0 Å². The largest absolute Gasteiger partial charge is 0.395 e. The Balaban J connectivity index is 1.82. The van der Waals surface area contributed by atoms with Crippen LogP contribution in [0.2, 0.25) is 5.02 Å². The van der Waals surface area contributed by atoms with Crippen LogP contribution < -0.4 is 0 Å². The highest BCUT2D eigenvalue weighted by Crippen LogP contribution is 2.25. The Hall–Kier alpha value is -1.35. The van der Waals surface area contributed by atoms with Crippen molar-refractivity contribution in [1.29, 1.82) is 0 Å². The van der Waals surface area contributed by atoms with Gasteiger partial charge in [0, 0.05) is 24.2 Å². The fourth-order valence-corrected chi connectivity index (χ4v) is 3.09. The van der Waals surface area contributed by atoms with E-state index in [1.807, 2.05) is 18.2 Å². The summed E-state index contributed by atoms with van der Waals surface area (Å²) in [6.45, 7) is 1.89. The molecule has 104 valence electrons. The predicted molar refractivity (Wildman–Crippen MR) is 81.7 cm³/mol. The van der Waals surface area contributed by atoms with E-state index in [0.717, 1.165) is 24.5 Å². The van der Waals surface area contributed by atoms with E-state index < -0.39 is 0 Å². The van der Waals surface area contributed by atoms with Gasteiger partial charge in [0.15, 0.2) is 0 Å². The first-order valence-electron chi connectivity index (χ1n) is 6.92. The molecule has 2 aromatic carbocycles. The maximum Gasteiger partial charge on any atom is 0.0590 e. The van der Waals surface area contributed by atoms with Gasteiger partial charge in [-0.15, -0.1) is 0 Å². The van der Waals surface area contributed by atoms with Crippen molar-refractivity contribution in [3.8, 4) is 0 Å². The molecule has 0 saturated carbocycles.